The number of hydrogen-bond acceptors (Lipinski definition) is 2. The summed E-state index contributed by atoms with van der Waals surface area (Å²) in [6.07, 6.45) is 2.70. The molecule has 84 valence electrons. The molecule has 0 heterocycles. The first-order valence-electron chi connectivity index (χ1n) is 4.91. The Kier molecular flexibility index (Phi) is 4.85. The molecule has 2 N–H and O–H groups in total. The highest BCUT2D eigenvalue weighted by Gasteiger charge is 2.11. The van der Waals surface area contributed by atoms with Crippen molar-refractivity contribution in [1.82, 2.24) is 0 Å². The lowest BCUT2D eigenvalue weighted by molar-refractivity contribution is 0.405. The van der Waals surface area contributed by atoms with E-state index in [1.54, 1.807) is 6.07 Å². The Hall–Kier alpha value is -0.800. The molecule has 15 heavy (non-hydrogen) atoms. The molecular weight excluding hydrogens is 217 g/mol. The van der Waals surface area contributed by atoms with Crippen molar-refractivity contribution < 1.29 is 9.13 Å². The monoisotopic (exact) mass is 231 g/mol. The number of methoxy groups -OCH3 is 1. The zero-order valence-corrected chi connectivity index (χ0v) is 9.48. The highest BCUT2D eigenvalue weighted by atomic mass is 35.5. The maximum Gasteiger partial charge on any atom is 0.145 e. The molecular formula is C11H15ClFNO. The van der Waals surface area contributed by atoms with Crippen LogP contribution in [-0.4, -0.2) is 13.7 Å². The number of nitrogens with two attached hydrogens (primary N) is 1. The van der Waals surface area contributed by atoms with Crippen molar-refractivity contribution in [2.24, 2.45) is 5.73 Å². The summed E-state index contributed by atoms with van der Waals surface area (Å²) in [6, 6.07) is 3.07. The molecule has 1 rings (SSSR count). The summed E-state index contributed by atoms with van der Waals surface area (Å²) in [7, 11) is 1.49. The third kappa shape index (κ3) is 3.08. The molecule has 4 heteroatoms. The minimum absolute atomic E-state index is 0.0581. The van der Waals surface area contributed by atoms with Crippen LogP contribution in [0.15, 0.2) is 12.1 Å². The Labute approximate surface area is 94.2 Å². The van der Waals surface area contributed by atoms with Crippen molar-refractivity contribution >= 4 is 11.6 Å². The van der Waals surface area contributed by atoms with Crippen molar-refractivity contribution in [2.75, 3.05) is 13.7 Å². The van der Waals surface area contributed by atoms with Crippen LogP contribution in [0.1, 0.15) is 18.4 Å². The number of hydrogen-bond donors (Lipinski definition) is 1. The summed E-state index contributed by atoms with van der Waals surface area (Å²) in [5.74, 6) is -0.00946. The van der Waals surface area contributed by atoms with E-state index in [1.807, 2.05) is 0 Å². The second-order valence-electron chi connectivity index (χ2n) is 3.30. The average molecular weight is 232 g/mol. The lowest BCUT2D eigenvalue weighted by Gasteiger charge is -2.10. The Balaban J connectivity index is 2.83. The topological polar surface area (TPSA) is 35.2 Å². The summed E-state index contributed by atoms with van der Waals surface area (Å²) in [5, 5.41) is 0.0581. The molecule has 0 atom stereocenters. The maximum atomic E-state index is 13.1. The van der Waals surface area contributed by atoms with Gasteiger partial charge in [0.1, 0.15) is 16.6 Å². The lowest BCUT2D eigenvalue weighted by atomic mass is 10.1. The zero-order chi connectivity index (χ0) is 11.3. The number of ether oxygens (including phenoxy) is 1. The van der Waals surface area contributed by atoms with E-state index >= 15 is 0 Å². The van der Waals surface area contributed by atoms with Gasteiger partial charge in [-0.3, -0.25) is 0 Å². The van der Waals surface area contributed by atoms with E-state index in [-0.39, 0.29) is 5.02 Å². The molecule has 0 aliphatic rings. The molecule has 0 aliphatic heterocycles. The Morgan fingerprint density at radius 2 is 2.13 bits per heavy atom. The molecule has 0 saturated heterocycles. The van der Waals surface area contributed by atoms with Crippen LogP contribution < -0.4 is 10.5 Å². The van der Waals surface area contributed by atoms with Crippen LogP contribution in [0, 0.1) is 5.82 Å². The Morgan fingerprint density at radius 1 is 1.40 bits per heavy atom. The number of benzene rings is 1. The van der Waals surface area contributed by atoms with E-state index < -0.39 is 5.82 Å². The smallest absolute Gasteiger partial charge is 0.145 e. The van der Waals surface area contributed by atoms with E-state index in [0.717, 1.165) is 24.8 Å². The fourth-order valence-electron chi connectivity index (χ4n) is 1.45. The fourth-order valence-corrected chi connectivity index (χ4v) is 1.71. The van der Waals surface area contributed by atoms with Gasteiger partial charge in [-0.15, -0.1) is 0 Å². The average Bonchev–Trinajstić information content (AvgIpc) is 2.24. The van der Waals surface area contributed by atoms with E-state index in [0.29, 0.717) is 12.3 Å². The van der Waals surface area contributed by atoms with Gasteiger partial charge in [-0.1, -0.05) is 17.7 Å². The van der Waals surface area contributed by atoms with Crippen LogP contribution in [0.2, 0.25) is 5.02 Å². The zero-order valence-electron chi connectivity index (χ0n) is 8.72. The van der Waals surface area contributed by atoms with Crippen molar-refractivity contribution in [2.45, 2.75) is 19.3 Å². The molecule has 0 radical (unpaired) electrons. The molecule has 1 aromatic carbocycles. The van der Waals surface area contributed by atoms with Crippen LogP contribution in [0.25, 0.3) is 0 Å². The van der Waals surface area contributed by atoms with Gasteiger partial charge >= 0.3 is 0 Å². The molecule has 1 aromatic rings. The second kappa shape index (κ2) is 5.93. The van der Waals surface area contributed by atoms with E-state index in [1.165, 1.54) is 13.2 Å². The van der Waals surface area contributed by atoms with Crippen LogP contribution >= 0.6 is 11.6 Å². The Morgan fingerprint density at radius 3 is 2.73 bits per heavy atom. The molecule has 0 spiro atoms. The molecule has 0 unspecified atom stereocenters. The largest absolute Gasteiger partial charge is 0.495 e. The van der Waals surface area contributed by atoms with E-state index in [4.69, 9.17) is 22.1 Å². The normalized spacial score (nSPS) is 10.4. The van der Waals surface area contributed by atoms with Gasteiger partial charge in [-0.25, -0.2) is 4.39 Å². The van der Waals surface area contributed by atoms with Gasteiger partial charge in [0, 0.05) is 0 Å². The van der Waals surface area contributed by atoms with Crippen LogP contribution in [-0.2, 0) is 6.42 Å². The lowest BCUT2D eigenvalue weighted by Crippen LogP contribution is -2.00. The highest BCUT2D eigenvalue weighted by molar-refractivity contribution is 6.32. The van der Waals surface area contributed by atoms with Gasteiger partial charge in [0.2, 0.25) is 0 Å². The third-order valence-electron chi connectivity index (χ3n) is 2.24. The minimum Gasteiger partial charge on any atom is -0.495 e. The molecule has 0 aromatic heterocycles. The molecule has 0 amide bonds. The summed E-state index contributed by atoms with van der Waals surface area (Å²) in [4.78, 5) is 0. The second-order valence-corrected chi connectivity index (χ2v) is 3.68. The predicted molar refractivity (Wildman–Crippen MR) is 60.0 cm³/mol. The van der Waals surface area contributed by atoms with Crippen LogP contribution in [0.4, 0.5) is 4.39 Å². The van der Waals surface area contributed by atoms with Gasteiger partial charge in [0.25, 0.3) is 0 Å². The van der Waals surface area contributed by atoms with Gasteiger partial charge in [-0.2, -0.15) is 0 Å². The van der Waals surface area contributed by atoms with Crippen molar-refractivity contribution in [3.63, 3.8) is 0 Å². The van der Waals surface area contributed by atoms with Crippen molar-refractivity contribution in [1.29, 1.82) is 0 Å². The molecule has 0 fully saturated rings. The third-order valence-corrected chi connectivity index (χ3v) is 2.59. The fraction of sp³-hybridized carbons (Fsp3) is 0.455. The first kappa shape index (κ1) is 12.3. The number of halogens is 2. The number of rotatable bonds is 5. The predicted octanol–water partition coefficient (Wildman–Crippen LogP) is 2.77. The van der Waals surface area contributed by atoms with Gasteiger partial charge < -0.3 is 10.5 Å². The van der Waals surface area contributed by atoms with E-state index in [9.17, 15) is 4.39 Å². The van der Waals surface area contributed by atoms with E-state index in [2.05, 4.69) is 0 Å². The summed E-state index contributed by atoms with van der Waals surface area (Å²) in [6.45, 7) is 0.664. The number of unbranched alkanes of at least 4 members (excludes halogenated alkanes) is 1. The highest BCUT2D eigenvalue weighted by Crippen LogP contribution is 2.31. The van der Waals surface area contributed by atoms with Crippen LogP contribution in [0.3, 0.4) is 0 Å². The molecule has 0 aliphatic carbocycles. The molecule has 0 bridgehead atoms. The van der Waals surface area contributed by atoms with Crippen LogP contribution in [0.5, 0.6) is 5.75 Å². The SMILES string of the molecule is COc1c(CCCCN)ccc(F)c1Cl. The van der Waals surface area contributed by atoms with Gasteiger partial charge in [-0.05, 0) is 37.4 Å². The minimum atomic E-state index is -0.448. The summed E-state index contributed by atoms with van der Waals surface area (Å²) < 4.78 is 18.2. The molecule has 0 saturated carbocycles. The summed E-state index contributed by atoms with van der Waals surface area (Å²) in [5.41, 5.74) is 6.33. The molecule has 2 nitrogen and oxygen atoms in total. The van der Waals surface area contributed by atoms with Gasteiger partial charge in [0.15, 0.2) is 0 Å². The summed E-state index contributed by atoms with van der Waals surface area (Å²) >= 11 is 5.79. The van der Waals surface area contributed by atoms with Crippen molar-refractivity contribution in [3.05, 3.63) is 28.5 Å². The van der Waals surface area contributed by atoms with Crippen molar-refractivity contribution in [3.8, 4) is 5.75 Å². The van der Waals surface area contributed by atoms with Gasteiger partial charge in [0.05, 0.1) is 7.11 Å². The quantitative estimate of drug-likeness (QED) is 0.791. The maximum absolute atomic E-state index is 13.1. The first-order chi connectivity index (χ1) is 7.20. The number of aryl methyl sites for hydroxylation is 1. The standard InChI is InChI=1S/C11H15ClFNO/c1-15-11-8(4-2-3-7-14)5-6-9(13)10(11)12/h5-6H,2-4,7,14H2,1H3. The Bertz CT molecular complexity index is 331. The first-order valence-corrected chi connectivity index (χ1v) is 5.29.